The highest BCUT2D eigenvalue weighted by atomic mass is 16.3. The molecule has 0 spiro atoms. The second-order valence-corrected chi connectivity index (χ2v) is 6.00. The highest BCUT2D eigenvalue weighted by Gasteiger charge is 2.20. The molecule has 1 atom stereocenters. The molecule has 0 bridgehead atoms. The summed E-state index contributed by atoms with van der Waals surface area (Å²) in [6.45, 7) is 6.37. The van der Waals surface area contributed by atoms with E-state index in [1.165, 1.54) is 0 Å². The third-order valence-corrected chi connectivity index (χ3v) is 4.08. The van der Waals surface area contributed by atoms with Crippen LogP contribution < -0.4 is 5.32 Å². The molecule has 1 unspecified atom stereocenters. The molecule has 5 nitrogen and oxygen atoms in total. The van der Waals surface area contributed by atoms with Crippen LogP contribution in [-0.4, -0.2) is 22.2 Å². The Morgan fingerprint density at radius 1 is 1.25 bits per heavy atom. The first-order chi connectivity index (χ1) is 11.6. The number of carbonyl (C=O) groups excluding carboxylic acids is 1. The zero-order valence-corrected chi connectivity index (χ0v) is 14.1. The van der Waals surface area contributed by atoms with Crippen LogP contribution in [0, 0.1) is 20.8 Å². The predicted octanol–water partition coefficient (Wildman–Crippen LogP) is 3.42. The zero-order chi connectivity index (χ0) is 17.1. The molecule has 3 rings (SSSR count). The summed E-state index contributed by atoms with van der Waals surface area (Å²) in [4.78, 5) is 12.7. The maximum Gasteiger partial charge on any atom is 0.251 e. The summed E-state index contributed by atoms with van der Waals surface area (Å²) in [6.07, 6.45) is 5.20. The number of benzene rings is 1. The number of nitrogens with one attached hydrogen (secondary N) is 1. The van der Waals surface area contributed by atoms with Crippen molar-refractivity contribution < 1.29 is 9.21 Å². The monoisotopic (exact) mass is 323 g/mol. The third kappa shape index (κ3) is 3.25. The summed E-state index contributed by atoms with van der Waals surface area (Å²) < 4.78 is 7.29. The fourth-order valence-corrected chi connectivity index (χ4v) is 3.09. The Bertz CT molecular complexity index is 763. The largest absolute Gasteiger partial charge is 0.467 e. The minimum absolute atomic E-state index is 0.0753. The predicted molar refractivity (Wildman–Crippen MR) is 92.1 cm³/mol. The van der Waals surface area contributed by atoms with E-state index in [0.29, 0.717) is 6.54 Å². The van der Waals surface area contributed by atoms with Crippen molar-refractivity contribution in [2.45, 2.75) is 26.8 Å². The molecule has 0 aliphatic heterocycles. The number of aromatic nitrogens is 2. The molecule has 0 saturated carbocycles. The van der Waals surface area contributed by atoms with Crippen LogP contribution in [0.5, 0.6) is 0 Å². The van der Waals surface area contributed by atoms with E-state index in [1.807, 2.05) is 57.3 Å². The fourth-order valence-electron chi connectivity index (χ4n) is 3.09. The van der Waals surface area contributed by atoms with E-state index in [4.69, 9.17) is 4.42 Å². The van der Waals surface area contributed by atoms with Crippen LogP contribution >= 0.6 is 0 Å². The molecule has 3 aromatic rings. The second kappa shape index (κ2) is 6.74. The Kier molecular flexibility index (Phi) is 4.51. The lowest BCUT2D eigenvalue weighted by molar-refractivity contribution is 0.0947. The number of nitrogens with zero attached hydrogens (tertiary/aromatic N) is 2. The molecule has 1 N–H and O–H groups in total. The van der Waals surface area contributed by atoms with Gasteiger partial charge >= 0.3 is 0 Å². The molecule has 124 valence electrons. The fraction of sp³-hybridized carbons (Fsp3) is 0.263. The zero-order valence-electron chi connectivity index (χ0n) is 14.1. The second-order valence-electron chi connectivity index (χ2n) is 6.00. The summed E-state index contributed by atoms with van der Waals surface area (Å²) in [5, 5.41) is 7.29. The smallest absolute Gasteiger partial charge is 0.251 e. The van der Waals surface area contributed by atoms with Crippen molar-refractivity contribution in [3.05, 3.63) is 77.0 Å². The number of hydrogen-bond donors (Lipinski definition) is 1. The lowest BCUT2D eigenvalue weighted by Gasteiger charge is -2.17. The van der Waals surface area contributed by atoms with Crippen LogP contribution in [0.2, 0.25) is 0 Å². The standard InChI is InChI=1S/C19H21N3O2/c1-13-10-14(2)18(15(3)11-13)19(23)20-12-16(17-6-4-9-24-17)22-8-5-7-21-22/h4-11,16H,12H2,1-3H3,(H,20,23). The molecule has 0 fully saturated rings. The van der Waals surface area contributed by atoms with Gasteiger partial charge in [-0.25, -0.2) is 0 Å². The van der Waals surface area contributed by atoms with E-state index in [2.05, 4.69) is 10.4 Å². The Morgan fingerprint density at radius 2 is 2.00 bits per heavy atom. The summed E-state index contributed by atoms with van der Waals surface area (Å²) in [6, 6.07) is 9.46. The van der Waals surface area contributed by atoms with Gasteiger partial charge < -0.3 is 9.73 Å². The third-order valence-electron chi connectivity index (χ3n) is 4.08. The summed E-state index contributed by atoms with van der Waals surface area (Å²) in [5.74, 6) is 0.685. The van der Waals surface area contributed by atoms with Crippen LogP contribution in [0.25, 0.3) is 0 Å². The van der Waals surface area contributed by atoms with Gasteiger partial charge in [0.1, 0.15) is 11.8 Å². The molecule has 2 heterocycles. The number of amides is 1. The molecular formula is C19H21N3O2. The minimum atomic E-state index is -0.176. The van der Waals surface area contributed by atoms with Gasteiger partial charge in [0.2, 0.25) is 0 Å². The first kappa shape index (κ1) is 16.1. The van der Waals surface area contributed by atoms with E-state index >= 15 is 0 Å². The quantitative estimate of drug-likeness (QED) is 0.782. The topological polar surface area (TPSA) is 60.1 Å². The Labute approximate surface area is 141 Å². The average Bonchev–Trinajstić information content (AvgIpc) is 3.20. The molecule has 1 amide bonds. The van der Waals surface area contributed by atoms with Crippen molar-refractivity contribution in [2.24, 2.45) is 0 Å². The van der Waals surface area contributed by atoms with E-state index in [1.54, 1.807) is 17.1 Å². The first-order valence-corrected chi connectivity index (χ1v) is 7.95. The molecule has 0 saturated heterocycles. The van der Waals surface area contributed by atoms with Crippen molar-refractivity contribution in [2.75, 3.05) is 6.54 Å². The number of hydrogen-bond acceptors (Lipinski definition) is 3. The van der Waals surface area contributed by atoms with Gasteiger partial charge in [-0.2, -0.15) is 5.10 Å². The molecule has 2 aromatic heterocycles. The number of carbonyl (C=O) groups is 1. The van der Waals surface area contributed by atoms with Crippen molar-refractivity contribution in [1.82, 2.24) is 15.1 Å². The van der Waals surface area contributed by atoms with Gasteiger partial charge in [-0.15, -0.1) is 0 Å². The Morgan fingerprint density at radius 3 is 2.58 bits per heavy atom. The SMILES string of the molecule is Cc1cc(C)c(C(=O)NCC(c2ccco2)n2cccn2)c(C)c1. The summed E-state index contributed by atoms with van der Waals surface area (Å²) in [7, 11) is 0. The van der Waals surface area contributed by atoms with Crippen molar-refractivity contribution in [3.8, 4) is 0 Å². The minimum Gasteiger partial charge on any atom is -0.467 e. The van der Waals surface area contributed by atoms with Crippen LogP contribution in [-0.2, 0) is 0 Å². The van der Waals surface area contributed by atoms with E-state index in [0.717, 1.165) is 28.0 Å². The van der Waals surface area contributed by atoms with Crippen LogP contribution in [0.3, 0.4) is 0 Å². The van der Waals surface area contributed by atoms with Gasteiger partial charge in [-0.05, 0) is 50.1 Å². The molecule has 5 heteroatoms. The first-order valence-electron chi connectivity index (χ1n) is 7.95. The summed E-state index contributed by atoms with van der Waals surface area (Å²) in [5.41, 5.74) is 3.86. The Balaban J connectivity index is 1.79. The Hall–Kier alpha value is -2.82. The average molecular weight is 323 g/mol. The maximum absolute atomic E-state index is 12.7. The lowest BCUT2D eigenvalue weighted by atomic mass is 9.99. The van der Waals surface area contributed by atoms with Crippen LogP contribution in [0.1, 0.15) is 38.9 Å². The van der Waals surface area contributed by atoms with Gasteiger partial charge in [0.15, 0.2) is 0 Å². The van der Waals surface area contributed by atoms with E-state index in [-0.39, 0.29) is 11.9 Å². The van der Waals surface area contributed by atoms with Gasteiger partial charge in [-0.1, -0.05) is 17.7 Å². The summed E-state index contributed by atoms with van der Waals surface area (Å²) >= 11 is 0. The number of furan rings is 1. The van der Waals surface area contributed by atoms with E-state index in [9.17, 15) is 4.79 Å². The van der Waals surface area contributed by atoms with Gasteiger partial charge in [-0.3, -0.25) is 9.48 Å². The molecule has 1 aromatic carbocycles. The molecular weight excluding hydrogens is 302 g/mol. The van der Waals surface area contributed by atoms with E-state index < -0.39 is 0 Å². The lowest BCUT2D eigenvalue weighted by Crippen LogP contribution is -2.32. The van der Waals surface area contributed by atoms with Crippen LogP contribution in [0.4, 0.5) is 0 Å². The van der Waals surface area contributed by atoms with Gasteiger partial charge in [0.25, 0.3) is 5.91 Å². The molecule has 0 radical (unpaired) electrons. The van der Waals surface area contributed by atoms with Gasteiger partial charge in [0, 0.05) is 24.5 Å². The van der Waals surface area contributed by atoms with Gasteiger partial charge in [0.05, 0.1) is 6.26 Å². The highest BCUT2D eigenvalue weighted by molar-refractivity contribution is 5.97. The molecule has 0 aliphatic rings. The maximum atomic E-state index is 12.7. The molecule has 24 heavy (non-hydrogen) atoms. The van der Waals surface area contributed by atoms with Crippen molar-refractivity contribution >= 4 is 5.91 Å². The normalized spacial score (nSPS) is 12.1. The highest BCUT2D eigenvalue weighted by Crippen LogP contribution is 2.19. The van der Waals surface area contributed by atoms with Crippen molar-refractivity contribution in [3.63, 3.8) is 0 Å². The van der Waals surface area contributed by atoms with Crippen molar-refractivity contribution in [1.29, 1.82) is 0 Å². The number of aryl methyl sites for hydroxylation is 3. The molecule has 0 aliphatic carbocycles. The number of rotatable bonds is 5. The van der Waals surface area contributed by atoms with Crippen LogP contribution in [0.15, 0.2) is 53.4 Å².